The van der Waals surface area contributed by atoms with Gasteiger partial charge in [0.2, 0.25) is 5.89 Å². The molecule has 1 heterocycles. The van der Waals surface area contributed by atoms with E-state index in [-0.39, 0.29) is 0 Å². The fourth-order valence-electron chi connectivity index (χ4n) is 2.09. The number of hydrogen-bond donors (Lipinski definition) is 0. The summed E-state index contributed by atoms with van der Waals surface area (Å²) in [6, 6.07) is 8.01. The van der Waals surface area contributed by atoms with Crippen LogP contribution in [0.5, 0.6) is 5.75 Å². The summed E-state index contributed by atoms with van der Waals surface area (Å²) in [4.78, 5) is 6.50. The molecule has 1 aromatic carbocycles. The molecule has 0 aliphatic rings. The number of benzene rings is 1. The maximum Gasteiger partial charge on any atom is 0.240 e. The average Bonchev–Trinajstić information content (AvgIpc) is 2.87. The molecule has 0 aliphatic heterocycles. The molecule has 0 saturated carbocycles. The minimum atomic E-state index is 0.634. The normalized spacial score (nSPS) is 11.0. The maximum atomic E-state index is 5.35. The molecular weight excluding hydrogens is 254 g/mol. The minimum absolute atomic E-state index is 0.634. The molecule has 0 bridgehead atoms. The predicted octanol–water partition coefficient (Wildman–Crippen LogP) is 2.66. The number of nitrogens with zero attached hydrogens (tertiary/aromatic N) is 3. The lowest BCUT2D eigenvalue weighted by molar-refractivity contribution is 0.257. The number of ether oxygens (including phenoxy) is 1. The molecule has 20 heavy (non-hydrogen) atoms. The monoisotopic (exact) mass is 275 g/mol. The van der Waals surface area contributed by atoms with Crippen molar-refractivity contribution in [3.63, 3.8) is 0 Å². The highest BCUT2D eigenvalue weighted by Crippen LogP contribution is 2.19. The van der Waals surface area contributed by atoms with Crippen LogP contribution in [0.25, 0.3) is 0 Å². The van der Waals surface area contributed by atoms with Crippen LogP contribution in [0, 0.1) is 0 Å². The number of methoxy groups -OCH3 is 1. The van der Waals surface area contributed by atoms with Crippen molar-refractivity contribution < 1.29 is 9.26 Å². The second-order valence-corrected chi connectivity index (χ2v) is 4.84. The van der Waals surface area contributed by atoms with Crippen LogP contribution in [0.2, 0.25) is 0 Å². The molecular formula is C15H21N3O2. The van der Waals surface area contributed by atoms with E-state index in [2.05, 4.69) is 28.0 Å². The number of para-hydroxylation sites is 1. The van der Waals surface area contributed by atoms with E-state index in [0.717, 1.165) is 36.5 Å². The number of aryl methyl sites for hydroxylation is 1. The molecule has 5 nitrogen and oxygen atoms in total. The van der Waals surface area contributed by atoms with Crippen LogP contribution in [0.4, 0.5) is 0 Å². The first-order valence-corrected chi connectivity index (χ1v) is 6.84. The topological polar surface area (TPSA) is 51.4 Å². The van der Waals surface area contributed by atoms with Gasteiger partial charge in [0.05, 0.1) is 13.7 Å². The van der Waals surface area contributed by atoms with E-state index in [1.807, 2.05) is 25.2 Å². The second-order valence-electron chi connectivity index (χ2n) is 4.84. The Morgan fingerprint density at radius 1 is 1.25 bits per heavy atom. The molecule has 0 radical (unpaired) electrons. The molecule has 0 fully saturated rings. The van der Waals surface area contributed by atoms with Crippen molar-refractivity contribution in [2.75, 3.05) is 14.2 Å². The third-order valence-electron chi connectivity index (χ3n) is 3.02. The van der Waals surface area contributed by atoms with Crippen LogP contribution < -0.4 is 4.74 Å². The fourth-order valence-corrected chi connectivity index (χ4v) is 2.09. The van der Waals surface area contributed by atoms with E-state index >= 15 is 0 Å². The van der Waals surface area contributed by atoms with Crippen molar-refractivity contribution in [1.82, 2.24) is 15.0 Å². The Morgan fingerprint density at radius 3 is 2.80 bits per heavy atom. The Kier molecular flexibility index (Phi) is 5.12. The van der Waals surface area contributed by atoms with E-state index in [0.29, 0.717) is 12.4 Å². The lowest BCUT2D eigenvalue weighted by Crippen LogP contribution is -2.18. The molecule has 108 valence electrons. The lowest BCUT2D eigenvalue weighted by Gasteiger charge is -2.16. The van der Waals surface area contributed by atoms with Gasteiger partial charge in [-0.05, 0) is 19.5 Å². The van der Waals surface area contributed by atoms with Gasteiger partial charge in [-0.2, -0.15) is 4.98 Å². The first-order valence-electron chi connectivity index (χ1n) is 6.84. The average molecular weight is 275 g/mol. The molecule has 0 saturated heterocycles. The Balaban J connectivity index is 1.95. The smallest absolute Gasteiger partial charge is 0.240 e. The Hall–Kier alpha value is -1.88. The van der Waals surface area contributed by atoms with E-state index in [1.54, 1.807) is 7.11 Å². The van der Waals surface area contributed by atoms with Gasteiger partial charge < -0.3 is 9.26 Å². The van der Waals surface area contributed by atoms with Crippen molar-refractivity contribution in [2.24, 2.45) is 0 Å². The van der Waals surface area contributed by atoms with Gasteiger partial charge in [-0.3, -0.25) is 4.90 Å². The maximum absolute atomic E-state index is 5.35. The third-order valence-corrected chi connectivity index (χ3v) is 3.02. The van der Waals surface area contributed by atoms with Crippen LogP contribution in [0.1, 0.15) is 30.6 Å². The Morgan fingerprint density at radius 2 is 2.05 bits per heavy atom. The largest absolute Gasteiger partial charge is 0.496 e. The summed E-state index contributed by atoms with van der Waals surface area (Å²) in [6.45, 7) is 3.51. The van der Waals surface area contributed by atoms with Gasteiger partial charge in [0.25, 0.3) is 0 Å². The van der Waals surface area contributed by atoms with Gasteiger partial charge in [0, 0.05) is 18.5 Å². The van der Waals surface area contributed by atoms with Crippen molar-refractivity contribution in [3.8, 4) is 5.75 Å². The summed E-state index contributed by atoms with van der Waals surface area (Å²) >= 11 is 0. The van der Waals surface area contributed by atoms with E-state index in [1.165, 1.54) is 0 Å². The van der Waals surface area contributed by atoms with Gasteiger partial charge in [0.1, 0.15) is 5.75 Å². The van der Waals surface area contributed by atoms with E-state index in [9.17, 15) is 0 Å². The van der Waals surface area contributed by atoms with Crippen LogP contribution in [0.3, 0.4) is 0 Å². The van der Waals surface area contributed by atoms with Gasteiger partial charge in [0.15, 0.2) is 5.82 Å². The van der Waals surface area contributed by atoms with Crippen LogP contribution >= 0.6 is 0 Å². The van der Waals surface area contributed by atoms with Crippen LogP contribution in [0.15, 0.2) is 28.8 Å². The van der Waals surface area contributed by atoms with Crippen LogP contribution in [-0.4, -0.2) is 29.2 Å². The molecule has 0 N–H and O–H groups in total. The van der Waals surface area contributed by atoms with Crippen molar-refractivity contribution in [2.45, 2.75) is 32.9 Å². The quantitative estimate of drug-likeness (QED) is 0.777. The highest BCUT2D eigenvalue weighted by atomic mass is 16.5. The highest BCUT2D eigenvalue weighted by molar-refractivity contribution is 5.32. The molecule has 2 rings (SSSR count). The van der Waals surface area contributed by atoms with E-state index < -0.39 is 0 Å². The zero-order valence-electron chi connectivity index (χ0n) is 12.3. The number of hydrogen-bond acceptors (Lipinski definition) is 5. The number of aromatic nitrogens is 2. The molecule has 2 aromatic rings. The summed E-state index contributed by atoms with van der Waals surface area (Å²) in [5.41, 5.74) is 1.14. The van der Waals surface area contributed by atoms with Gasteiger partial charge in [-0.25, -0.2) is 0 Å². The molecule has 0 aliphatic carbocycles. The summed E-state index contributed by atoms with van der Waals surface area (Å²) in [5, 5.41) is 3.96. The van der Waals surface area contributed by atoms with Gasteiger partial charge in [-0.15, -0.1) is 0 Å². The summed E-state index contributed by atoms with van der Waals surface area (Å²) < 4.78 is 10.6. The standard InChI is InChI=1S/C15H21N3O2/c1-4-7-14-16-15(20-17-14)11-18(2)10-12-8-5-6-9-13(12)19-3/h5-6,8-9H,4,7,10-11H2,1-3H3. The Bertz CT molecular complexity index is 539. The zero-order chi connectivity index (χ0) is 14.4. The lowest BCUT2D eigenvalue weighted by atomic mass is 10.2. The SMILES string of the molecule is CCCc1noc(CN(C)Cc2ccccc2OC)n1. The third kappa shape index (κ3) is 3.81. The zero-order valence-corrected chi connectivity index (χ0v) is 12.3. The van der Waals surface area contributed by atoms with Crippen LogP contribution in [-0.2, 0) is 19.5 Å². The number of rotatable bonds is 7. The van der Waals surface area contributed by atoms with Crippen molar-refractivity contribution in [1.29, 1.82) is 0 Å². The minimum Gasteiger partial charge on any atom is -0.496 e. The van der Waals surface area contributed by atoms with Gasteiger partial charge in [-0.1, -0.05) is 30.3 Å². The molecule has 0 unspecified atom stereocenters. The molecule has 0 amide bonds. The molecule has 0 atom stereocenters. The molecule has 1 aromatic heterocycles. The first kappa shape index (κ1) is 14.5. The summed E-state index contributed by atoms with van der Waals surface area (Å²) in [7, 11) is 3.71. The summed E-state index contributed by atoms with van der Waals surface area (Å²) in [5.74, 6) is 2.34. The fraction of sp³-hybridized carbons (Fsp3) is 0.467. The predicted molar refractivity (Wildman–Crippen MR) is 76.5 cm³/mol. The van der Waals surface area contributed by atoms with Gasteiger partial charge >= 0.3 is 0 Å². The first-order chi connectivity index (χ1) is 9.72. The van der Waals surface area contributed by atoms with E-state index in [4.69, 9.17) is 9.26 Å². The summed E-state index contributed by atoms with van der Waals surface area (Å²) in [6.07, 6.45) is 1.88. The molecule has 5 heteroatoms. The van der Waals surface area contributed by atoms with Crippen molar-refractivity contribution >= 4 is 0 Å². The molecule has 0 spiro atoms. The second kappa shape index (κ2) is 7.05. The van der Waals surface area contributed by atoms with Crippen molar-refractivity contribution in [3.05, 3.63) is 41.5 Å². The Labute approximate surface area is 119 Å². The highest BCUT2D eigenvalue weighted by Gasteiger charge is 2.10.